The number of ether oxygens (including phenoxy) is 1. The van der Waals surface area contributed by atoms with Gasteiger partial charge in [-0.25, -0.2) is 0 Å². The first kappa shape index (κ1) is 17.4. The summed E-state index contributed by atoms with van der Waals surface area (Å²) >= 11 is 0. The fourth-order valence-corrected chi connectivity index (χ4v) is 2.19. The van der Waals surface area contributed by atoms with Gasteiger partial charge in [0, 0.05) is 12.2 Å². The molecular formula is C19H21N3O2. The molecular weight excluding hydrogens is 302 g/mol. The number of rotatable bonds is 6. The number of hydrogen-bond acceptors (Lipinski definition) is 4. The molecule has 0 spiro atoms. The first-order valence-electron chi connectivity index (χ1n) is 7.64. The summed E-state index contributed by atoms with van der Waals surface area (Å²) in [5.41, 5.74) is 1.63. The number of nitrogens with zero attached hydrogens (tertiary/aromatic N) is 1. The van der Waals surface area contributed by atoms with E-state index >= 15 is 0 Å². The minimum absolute atomic E-state index is 0.109. The molecule has 2 aromatic rings. The van der Waals surface area contributed by atoms with Crippen LogP contribution < -0.4 is 15.4 Å². The van der Waals surface area contributed by atoms with E-state index in [2.05, 4.69) is 16.7 Å². The van der Waals surface area contributed by atoms with E-state index in [1.165, 1.54) is 0 Å². The number of benzene rings is 2. The smallest absolute Gasteiger partial charge is 0.245 e. The van der Waals surface area contributed by atoms with E-state index in [0.29, 0.717) is 12.1 Å². The van der Waals surface area contributed by atoms with E-state index < -0.39 is 5.54 Å². The standard InChI is InChI=1S/C19H21N3O2/c1-19(2,22-16-8-10-17(24-3)11-9-16)18(23)21-13-15-6-4-14(12-20)5-7-15/h4-11,22H,13H2,1-3H3,(H,21,23). The molecule has 2 N–H and O–H groups in total. The van der Waals surface area contributed by atoms with Crippen molar-refractivity contribution in [3.8, 4) is 11.8 Å². The molecule has 0 aliphatic carbocycles. The van der Waals surface area contributed by atoms with Crippen molar-refractivity contribution in [1.29, 1.82) is 5.26 Å². The zero-order valence-corrected chi connectivity index (χ0v) is 14.1. The normalized spacial score (nSPS) is 10.6. The summed E-state index contributed by atoms with van der Waals surface area (Å²) in [7, 11) is 1.61. The van der Waals surface area contributed by atoms with E-state index in [1.807, 2.05) is 50.2 Å². The number of nitrogens with one attached hydrogen (secondary N) is 2. The summed E-state index contributed by atoms with van der Waals surface area (Å²) in [4.78, 5) is 12.4. The van der Waals surface area contributed by atoms with Crippen LogP contribution in [0.25, 0.3) is 0 Å². The van der Waals surface area contributed by atoms with Crippen molar-refractivity contribution < 1.29 is 9.53 Å². The lowest BCUT2D eigenvalue weighted by Gasteiger charge is -2.26. The van der Waals surface area contributed by atoms with Crippen LogP contribution in [-0.2, 0) is 11.3 Å². The topological polar surface area (TPSA) is 74.2 Å². The summed E-state index contributed by atoms with van der Waals surface area (Å²) in [5, 5.41) is 14.9. The molecule has 0 heterocycles. The Bertz CT molecular complexity index is 729. The highest BCUT2D eigenvalue weighted by atomic mass is 16.5. The van der Waals surface area contributed by atoms with Crippen LogP contribution in [-0.4, -0.2) is 18.6 Å². The molecule has 0 atom stereocenters. The molecule has 124 valence electrons. The maximum absolute atomic E-state index is 12.4. The summed E-state index contributed by atoms with van der Waals surface area (Å²) in [6.07, 6.45) is 0. The van der Waals surface area contributed by atoms with Crippen LogP contribution in [0.5, 0.6) is 5.75 Å². The number of methoxy groups -OCH3 is 1. The second-order valence-corrected chi connectivity index (χ2v) is 5.97. The van der Waals surface area contributed by atoms with Gasteiger partial charge in [-0.05, 0) is 55.8 Å². The molecule has 1 amide bonds. The minimum Gasteiger partial charge on any atom is -0.497 e. The monoisotopic (exact) mass is 323 g/mol. The molecule has 0 aliphatic rings. The van der Waals surface area contributed by atoms with E-state index in [9.17, 15) is 4.79 Å². The quantitative estimate of drug-likeness (QED) is 0.857. The van der Waals surface area contributed by atoms with Gasteiger partial charge < -0.3 is 15.4 Å². The Labute approximate surface area is 142 Å². The van der Waals surface area contributed by atoms with Gasteiger partial charge in [-0.3, -0.25) is 4.79 Å². The third-order valence-corrected chi connectivity index (χ3v) is 3.65. The van der Waals surface area contributed by atoms with Crippen molar-refractivity contribution in [1.82, 2.24) is 5.32 Å². The van der Waals surface area contributed by atoms with Crippen molar-refractivity contribution in [3.63, 3.8) is 0 Å². The first-order valence-corrected chi connectivity index (χ1v) is 7.64. The largest absolute Gasteiger partial charge is 0.497 e. The Hall–Kier alpha value is -3.00. The van der Waals surface area contributed by atoms with Crippen molar-refractivity contribution >= 4 is 11.6 Å². The maximum atomic E-state index is 12.4. The van der Waals surface area contributed by atoms with Crippen molar-refractivity contribution in [2.75, 3.05) is 12.4 Å². The van der Waals surface area contributed by atoms with Gasteiger partial charge in [-0.15, -0.1) is 0 Å². The lowest BCUT2D eigenvalue weighted by atomic mass is 10.0. The third-order valence-electron chi connectivity index (χ3n) is 3.65. The first-order chi connectivity index (χ1) is 11.4. The molecule has 0 bridgehead atoms. The Morgan fingerprint density at radius 2 is 1.75 bits per heavy atom. The fraction of sp³-hybridized carbons (Fsp3) is 0.263. The van der Waals surface area contributed by atoms with Gasteiger partial charge >= 0.3 is 0 Å². The number of hydrogen-bond donors (Lipinski definition) is 2. The summed E-state index contributed by atoms with van der Waals surface area (Å²) in [6.45, 7) is 4.06. The van der Waals surface area contributed by atoms with Gasteiger partial charge in [0.15, 0.2) is 0 Å². The Morgan fingerprint density at radius 3 is 2.29 bits per heavy atom. The van der Waals surface area contributed by atoms with Gasteiger partial charge in [-0.2, -0.15) is 5.26 Å². The van der Waals surface area contributed by atoms with Crippen LogP contribution in [0.15, 0.2) is 48.5 Å². The molecule has 0 saturated carbocycles. The molecule has 2 aromatic carbocycles. The molecule has 0 fully saturated rings. The third kappa shape index (κ3) is 4.50. The second kappa shape index (κ2) is 7.51. The van der Waals surface area contributed by atoms with Crippen LogP contribution in [0.1, 0.15) is 25.0 Å². The number of carbonyl (C=O) groups is 1. The molecule has 0 radical (unpaired) electrons. The van der Waals surface area contributed by atoms with Gasteiger partial charge in [0.25, 0.3) is 0 Å². The minimum atomic E-state index is -0.763. The molecule has 24 heavy (non-hydrogen) atoms. The summed E-state index contributed by atoms with van der Waals surface area (Å²) < 4.78 is 5.12. The number of carbonyl (C=O) groups excluding carboxylic acids is 1. The predicted octanol–water partition coefficient (Wildman–Crippen LogP) is 3.07. The Kier molecular flexibility index (Phi) is 5.43. The lowest BCUT2D eigenvalue weighted by Crippen LogP contribution is -2.47. The maximum Gasteiger partial charge on any atom is 0.245 e. The molecule has 0 saturated heterocycles. The van der Waals surface area contributed by atoms with Gasteiger partial charge in [0.1, 0.15) is 11.3 Å². The highest BCUT2D eigenvalue weighted by Gasteiger charge is 2.27. The van der Waals surface area contributed by atoms with Crippen LogP contribution in [0.4, 0.5) is 5.69 Å². The molecule has 0 aromatic heterocycles. The van der Waals surface area contributed by atoms with Crippen LogP contribution in [0.2, 0.25) is 0 Å². The van der Waals surface area contributed by atoms with Gasteiger partial charge in [-0.1, -0.05) is 12.1 Å². The van der Waals surface area contributed by atoms with Crippen LogP contribution in [0.3, 0.4) is 0 Å². The Balaban J connectivity index is 1.94. The molecule has 0 aliphatic heterocycles. The highest BCUT2D eigenvalue weighted by Crippen LogP contribution is 2.19. The SMILES string of the molecule is COc1ccc(NC(C)(C)C(=O)NCc2ccc(C#N)cc2)cc1. The molecule has 0 unspecified atom stereocenters. The van der Waals surface area contributed by atoms with E-state index in [-0.39, 0.29) is 5.91 Å². The summed E-state index contributed by atoms with van der Waals surface area (Å²) in [6, 6.07) is 16.6. The predicted molar refractivity (Wildman–Crippen MR) is 93.7 cm³/mol. The van der Waals surface area contributed by atoms with Crippen LogP contribution >= 0.6 is 0 Å². The molecule has 5 nitrogen and oxygen atoms in total. The Morgan fingerprint density at radius 1 is 1.12 bits per heavy atom. The molecule has 2 rings (SSSR count). The van der Waals surface area contributed by atoms with Gasteiger partial charge in [0.05, 0.1) is 18.7 Å². The number of anilines is 1. The zero-order valence-electron chi connectivity index (χ0n) is 14.1. The van der Waals surface area contributed by atoms with E-state index in [0.717, 1.165) is 17.0 Å². The molecule has 5 heteroatoms. The second-order valence-electron chi connectivity index (χ2n) is 5.97. The van der Waals surface area contributed by atoms with Crippen molar-refractivity contribution in [2.24, 2.45) is 0 Å². The number of amides is 1. The van der Waals surface area contributed by atoms with Crippen molar-refractivity contribution in [3.05, 3.63) is 59.7 Å². The average Bonchev–Trinajstić information content (AvgIpc) is 2.60. The zero-order chi connectivity index (χ0) is 17.6. The van der Waals surface area contributed by atoms with E-state index in [1.54, 1.807) is 19.2 Å². The summed E-state index contributed by atoms with van der Waals surface area (Å²) in [5.74, 6) is 0.659. The van der Waals surface area contributed by atoms with Gasteiger partial charge in [0.2, 0.25) is 5.91 Å². The fourth-order valence-electron chi connectivity index (χ4n) is 2.19. The highest BCUT2D eigenvalue weighted by molar-refractivity contribution is 5.88. The van der Waals surface area contributed by atoms with Crippen LogP contribution in [0, 0.1) is 11.3 Å². The number of nitriles is 1. The van der Waals surface area contributed by atoms with Crippen molar-refractivity contribution in [2.45, 2.75) is 25.9 Å². The van der Waals surface area contributed by atoms with E-state index in [4.69, 9.17) is 10.00 Å². The lowest BCUT2D eigenvalue weighted by molar-refractivity contribution is -0.124. The average molecular weight is 323 g/mol.